The Morgan fingerprint density at radius 1 is 1.27 bits per heavy atom. The van der Waals surface area contributed by atoms with Crippen molar-refractivity contribution in [3.8, 4) is 5.75 Å². The first-order valence-electron chi connectivity index (χ1n) is 8.69. The van der Waals surface area contributed by atoms with Gasteiger partial charge in [0.2, 0.25) is 0 Å². The van der Waals surface area contributed by atoms with E-state index in [1.807, 2.05) is 35.6 Å². The molecule has 1 aliphatic rings. The van der Waals surface area contributed by atoms with E-state index in [1.165, 1.54) is 17.7 Å². The average molecular weight is 486 g/mol. The first-order chi connectivity index (χ1) is 12.2. The highest BCUT2D eigenvalue weighted by molar-refractivity contribution is 14.0. The summed E-state index contributed by atoms with van der Waals surface area (Å²) >= 11 is 1.84. The van der Waals surface area contributed by atoms with Crippen LogP contribution in [-0.4, -0.2) is 37.6 Å². The van der Waals surface area contributed by atoms with Crippen LogP contribution in [-0.2, 0) is 6.54 Å². The highest BCUT2D eigenvalue weighted by Gasteiger charge is 2.19. The number of halogens is 1. The molecule has 1 fully saturated rings. The second-order valence-corrected chi connectivity index (χ2v) is 7.38. The van der Waals surface area contributed by atoms with Crippen LogP contribution in [0.1, 0.15) is 17.7 Å². The molecule has 0 amide bonds. The molecule has 2 aromatic rings. The van der Waals surface area contributed by atoms with Crippen LogP contribution in [0, 0.1) is 5.92 Å². The van der Waals surface area contributed by atoms with Gasteiger partial charge in [0.25, 0.3) is 0 Å². The van der Waals surface area contributed by atoms with Crippen molar-refractivity contribution in [1.29, 1.82) is 0 Å². The molecule has 0 atom stereocenters. The number of piperidine rings is 1. The molecule has 0 bridgehead atoms. The minimum absolute atomic E-state index is 0. The van der Waals surface area contributed by atoms with Gasteiger partial charge in [-0.2, -0.15) is 0 Å². The number of methoxy groups -OCH3 is 1. The van der Waals surface area contributed by atoms with E-state index in [2.05, 4.69) is 32.7 Å². The van der Waals surface area contributed by atoms with Gasteiger partial charge in [-0.15, -0.1) is 35.3 Å². The fraction of sp³-hybridized carbons (Fsp3) is 0.421. The van der Waals surface area contributed by atoms with Gasteiger partial charge in [0.05, 0.1) is 12.8 Å². The van der Waals surface area contributed by atoms with Gasteiger partial charge in [-0.3, -0.25) is 9.89 Å². The van der Waals surface area contributed by atoms with Crippen molar-refractivity contribution in [3.63, 3.8) is 0 Å². The Morgan fingerprint density at radius 3 is 2.73 bits per heavy atom. The first kappa shape index (κ1) is 21.0. The fourth-order valence-corrected chi connectivity index (χ4v) is 3.85. The van der Waals surface area contributed by atoms with Crippen molar-refractivity contribution in [3.05, 3.63) is 46.7 Å². The number of aliphatic imine (C=N–C) groups is 1. The Balaban J connectivity index is 0.00000243. The quantitative estimate of drug-likeness (QED) is 0.368. The molecule has 1 aromatic carbocycles. The van der Waals surface area contributed by atoms with Crippen LogP contribution < -0.4 is 15.8 Å². The summed E-state index contributed by atoms with van der Waals surface area (Å²) in [7, 11) is 1.65. The standard InChI is InChI=1S/C19H26N4OS.HI/c1-24-18-7-3-2-6-17(18)22-19(20)21-13-15-8-10-23(11-9-15)14-16-5-4-12-25-16;/h2-7,12,15H,8-11,13-14H2,1H3,(H3,20,21,22);1H. The second-order valence-electron chi connectivity index (χ2n) is 6.35. The molecule has 7 heteroatoms. The van der Waals surface area contributed by atoms with Crippen LogP contribution in [0.4, 0.5) is 5.69 Å². The Morgan fingerprint density at radius 2 is 2.04 bits per heavy atom. The Kier molecular flexibility index (Phi) is 8.67. The summed E-state index contributed by atoms with van der Waals surface area (Å²) < 4.78 is 5.32. The molecule has 3 rings (SSSR count). The predicted octanol–water partition coefficient (Wildman–Crippen LogP) is 4.01. The lowest BCUT2D eigenvalue weighted by Crippen LogP contribution is -2.34. The van der Waals surface area contributed by atoms with Gasteiger partial charge in [0, 0.05) is 18.0 Å². The maximum absolute atomic E-state index is 6.04. The number of anilines is 1. The van der Waals surface area contributed by atoms with Crippen LogP contribution in [0.25, 0.3) is 0 Å². The number of thiophene rings is 1. The van der Waals surface area contributed by atoms with E-state index in [-0.39, 0.29) is 24.0 Å². The van der Waals surface area contributed by atoms with E-state index >= 15 is 0 Å². The summed E-state index contributed by atoms with van der Waals surface area (Å²) in [4.78, 5) is 8.51. The van der Waals surface area contributed by atoms with Gasteiger partial charge in [0.1, 0.15) is 5.75 Å². The maximum Gasteiger partial charge on any atom is 0.193 e. The van der Waals surface area contributed by atoms with Gasteiger partial charge in [-0.05, 0) is 55.4 Å². The van der Waals surface area contributed by atoms with E-state index in [9.17, 15) is 0 Å². The minimum Gasteiger partial charge on any atom is -0.495 e. The van der Waals surface area contributed by atoms with Crippen LogP contribution in [0.3, 0.4) is 0 Å². The lowest BCUT2D eigenvalue weighted by Gasteiger charge is -2.30. The molecular formula is C19H27IN4OS. The number of benzene rings is 1. The number of nitrogens with zero attached hydrogens (tertiary/aromatic N) is 2. The number of rotatable bonds is 6. The monoisotopic (exact) mass is 486 g/mol. The molecule has 1 aromatic heterocycles. The third-order valence-corrected chi connectivity index (χ3v) is 5.42. The highest BCUT2D eigenvalue weighted by Crippen LogP contribution is 2.23. The lowest BCUT2D eigenvalue weighted by atomic mass is 9.97. The zero-order valence-electron chi connectivity index (χ0n) is 15.1. The molecule has 142 valence electrons. The largest absolute Gasteiger partial charge is 0.495 e. The molecule has 2 heterocycles. The molecule has 5 nitrogen and oxygen atoms in total. The number of guanidine groups is 1. The molecule has 0 spiro atoms. The molecule has 0 saturated carbocycles. The van der Waals surface area contributed by atoms with E-state index in [0.717, 1.165) is 37.6 Å². The minimum atomic E-state index is 0. The number of likely N-dealkylation sites (tertiary alicyclic amines) is 1. The third-order valence-electron chi connectivity index (χ3n) is 4.56. The molecule has 3 N–H and O–H groups in total. The smallest absolute Gasteiger partial charge is 0.193 e. The summed E-state index contributed by atoms with van der Waals surface area (Å²) in [5.74, 6) is 1.82. The first-order valence-corrected chi connectivity index (χ1v) is 9.57. The topological polar surface area (TPSA) is 62.9 Å². The summed E-state index contributed by atoms with van der Waals surface area (Å²) in [5, 5.41) is 5.28. The van der Waals surface area contributed by atoms with Gasteiger partial charge in [0.15, 0.2) is 5.96 Å². The van der Waals surface area contributed by atoms with Gasteiger partial charge < -0.3 is 15.8 Å². The van der Waals surface area contributed by atoms with Crippen molar-refractivity contribution < 1.29 is 4.74 Å². The number of nitrogens with one attached hydrogen (secondary N) is 1. The van der Waals surface area contributed by atoms with E-state index < -0.39 is 0 Å². The Hall–Kier alpha value is -1.32. The lowest BCUT2D eigenvalue weighted by molar-refractivity contribution is 0.182. The summed E-state index contributed by atoms with van der Waals surface area (Å²) in [6.07, 6.45) is 2.35. The number of para-hydroxylation sites is 2. The van der Waals surface area contributed by atoms with E-state index in [1.54, 1.807) is 7.11 Å². The zero-order chi connectivity index (χ0) is 17.5. The van der Waals surface area contributed by atoms with Gasteiger partial charge in [-0.1, -0.05) is 18.2 Å². The van der Waals surface area contributed by atoms with Crippen LogP contribution in [0.2, 0.25) is 0 Å². The molecule has 26 heavy (non-hydrogen) atoms. The Labute approximate surface area is 176 Å². The molecule has 1 saturated heterocycles. The Bertz CT molecular complexity index is 685. The zero-order valence-corrected chi connectivity index (χ0v) is 18.2. The van der Waals surface area contributed by atoms with Crippen molar-refractivity contribution in [2.75, 3.05) is 32.1 Å². The van der Waals surface area contributed by atoms with Gasteiger partial charge in [-0.25, -0.2) is 0 Å². The summed E-state index contributed by atoms with van der Waals surface area (Å²) in [5.41, 5.74) is 6.88. The van der Waals surface area contributed by atoms with Crippen molar-refractivity contribution in [1.82, 2.24) is 4.90 Å². The third kappa shape index (κ3) is 6.14. The molecule has 0 radical (unpaired) electrons. The number of ether oxygens (including phenoxy) is 1. The van der Waals surface area contributed by atoms with Gasteiger partial charge >= 0.3 is 0 Å². The van der Waals surface area contributed by atoms with Crippen molar-refractivity contribution in [2.24, 2.45) is 16.6 Å². The molecule has 0 aliphatic carbocycles. The van der Waals surface area contributed by atoms with Crippen molar-refractivity contribution >= 4 is 47.0 Å². The second kappa shape index (κ2) is 10.7. The number of nitrogens with two attached hydrogens (primary N) is 1. The normalized spacial score (nSPS) is 16.1. The van der Waals surface area contributed by atoms with Crippen LogP contribution in [0.5, 0.6) is 5.75 Å². The average Bonchev–Trinajstić information content (AvgIpc) is 3.15. The van der Waals surface area contributed by atoms with Crippen molar-refractivity contribution in [2.45, 2.75) is 19.4 Å². The number of hydrogen-bond acceptors (Lipinski definition) is 4. The SMILES string of the molecule is COc1ccccc1NC(N)=NCC1CCN(Cc2cccs2)CC1.I. The molecule has 0 unspecified atom stereocenters. The summed E-state index contributed by atoms with van der Waals surface area (Å²) in [6.45, 7) is 4.13. The summed E-state index contributed by atoms with van der Waals surface area (Å²) in [6, 6.07) is 12.1. The molecule has 1 aliphatic heterocycles. The van der Waals surface area contributed by atoms with Crippen LogP contribution >= 0.6 is 35.3 Å². The van der Waals surface area contributed by atoms with E-state index in [0.29, 0.717) is 11.9 Å². The van der Waals surface area contributed by atoms with E-state index in [4.69, 9.17) is 10.5 Å². The fourth-order valence-electron chi connectivity index (χ4n) is 3.10. The molecular weight excluding hydrogens is 459 g/mol. The highest BCUT2D eigenvalue weighted by atomic mass is 127. The maximum atomic E-state index is 6.04. The predicted molar refractivity (Wildman–Crippen MR) is 121 cm³/mol. The van der Waals surface area contributed by atoms with Crippen LogP contribution in [0.15, 0.2) is 46.8 Å². The number of hydrogen-bond donors (Lipinski definition) is 2.